The number of halogens is 1. The Kier molecular flexibility index (Phi) is 8.13. The number of rotatable bonds is 7. The highest BCUT2D eigenvalue weighted by Gasteiger charge is 2.18. The molecule has 148 valence electrons. The van der Waals surface area contributed by atoms with E-state index in [2.05, 4.69) is 22.7 Å². The van der Waals surface area contributed by atoms with Crippen molar-refractivity contribution in [2.75, 3.05) is 19.6 Å². The first-order chi connectivity index (χ1) is 12.7. The average Bonchev–Trinajstić information content (AvgIpc) is 3.16. The van der Waals surface area contributed by atoms with Crippen molar-refractivity contribution in [3.63, 3.8) is 0 Å². The van der Waals surface area contributed by atoms with Gasteiger partial charge in [-0.1, -0.05) is 19.1 Å². The maximum absolute atomic E-state index is 12.4. The number of nitrogens with zero attached hydrogens (tertiary/aromatic N) is 2. The van der Waals surface area contributed by atoms with Crippen LogP contribution in [0.1, 0.15) is 48.3 Å². The molecule has 2 aromatic rings. The van der Waals surface area contributed by atoms with Gasteiger partial charge in [0, 0.05) is 12.7 Å². The molecule has 1 amide bonds. The number of ether oxygens (including phenoxy) is 1. The molecule has 1 aromatic heterocycles. The molecule has 3 rings (SSSR count). The third-order valence-corrected chi connectivity index (χ3v) is 4.72. The first-order valence-electron chi connectivity index (χ1n) is 9.43. The molecule has 1 fully saturated rings. The molecule has 0 saturated carbocycles. The van der Waals surface area contributed by atoms with E-state index in [9.17, 15) is 4.79 Å². The molecule has 2 atom stereocenters. The van der Waals surface area contributed by atoms with E-state index in [0.717, 1.165) is 43.7 Å². The maximum Gasteiger partial charge on any atom is 0.271 e. The minimum atomic E-state index is -0.154. The van der Waals surface area contributed by atoms with Crippen LogP contribution in [0.4, 0.5) is 0 Å². The standard InChI is InChI=1S/C20H28N4O2.ClH/c1-3-17(26-18-8-4-6-15(2)12-18)14-22-20(25)19-9-11-24(23-19)16-7-5-10-21-13-16;/h4,6,8-9,11-12,16-17,21H,3,5,7,10,13-14H2,1-2H3,(H,22,25);1H. The number of hydrogen-bond acceptors (Lipinski definition) is 4. The molecule has 6 nitrogen and oxygen atoms in total. The lowest BCUT2D eigenvalue weighted by molar-refractivity contribution is 0.0919. The summed E-state index contributed by atoms with van der Waals surface area (Å²) in [6.07, 6.45) is 4.88. The molecule has 1 aliphatic rings. The second-order valence-electron chi connectivity index (χ2n) is 6.86. The zero-order valence-electron chi connectivity index (χ0n) is 16.0. The van der Waals surface area contributed by atoms with Crippen molar-refractivity contribution < 1.29 is 9.53 Å². The number of hydrogen-bond donors (Lipinski definition) is 2. The third kappa shape index (κ3) is 5.97. The molecular weight excluding hydrogens is 364 g/mol. The van der Waals surface area contributed by atoms with Gasteiger partial charge >= 0.3 is 0 Å². The minimum absolute atomic E-state index is 0. The van der Waals surface area contributed by atoms with Crippen LogP contribution in [0.25, 0.3) is 0 Å². The summed E-state index contributed by atoms with van der Waals surface area (Å²) < 4.78 is 7.89. The third-order valence-electron chi connectivity index (χ3n) is 4.72. The summed E-state index contributed by atoms with van der Waals surface area (Å²) in [5.74, 6) is 0.680. The summed E-state index contributed by atoms with van der Waals surface area (Å²) in [5, 5.41) is 10.8. The average molecular weight is 393 g/mol. The van der Waals surface area contributed by atoms with Crippen molar-refractivity contribution in [2.24, 2.45) is 0 Å². The number of carbonyl (C=O) groups is 1. The van der Waals surface area contributed by atoms with Crippen LogP contribution in [0.3, 0.4) is 0 Å². The Morgan fingerprint density at radius 2 is 2.30 bits per heavy atom. The molecule has 7 heteroatoms. The van der Waals surface area contributed by atoms with Crippen molar-refractivity contribution in [3.05, 3.63) is 47.8 Å². The molecule has 1 saturated heterocycles. The quantitative estimate of drug-likeness (QED) is 0.759. The Morgan fingerprint density at radius 1 is 1.44 bits per heavy atom. The van der Waals surface area contributed by atoms with Crippen LogP contribution >= 0.6 is 12.4 Å². The van der Waals surface area contributed by atoms with Gasteiger partial charge in [0.1, 0.15) is 17.5 Å². The van der Waals surface area contributed by atoms with Crippen molar-refractivity contribution >= 4 is 18.3 Å². The van der Waals surface area contributed by atoms with E-state index >= 15 is 0 Å². The fraction of sp³-hybridized carbons (Fsp3) is 0.500. The van der Waals surface area contributed by atoms with Gasteiger partial charge in [-0.15, -0.1) is 12.4 Å². The van der Waals surface area contributed by atoms with Gasteiger partial charge in [-0.3, -0.25) is 9.48 Å². The first-order valence-corrected chi connectivity index (χ1v) is 9.43. The lowest BCUT2D eigenvalue weighted by atomic mass is 10.1. The lowest BCUT2D eigenvalue weighted by Crippen LogP contribution is -2.35. The fourth-order valence-electron chi connectivity index (χ4n) is 3.17. The van der Waals surface area contributed by atoms with Crippen molar-refractivity contribution in [2.45, 2.75) is 45.3 Å². The first kappa shape index (κ1) is 21.3. The number of carbonyl (C=O) groups excluding carboxylic acids is 1. The summed E-state index contributed by atoms with van der Waals surface area (Å²) in [6, 6.07) is 10.1. The molecule has 0 bridgehead atoms. The van der Waals surface area contributed by atoms with Crippen molar-refractivity contribution in [3.8, 4) is 5.75 Å². The normalized spacial score (nSPS) is 17.6. The van der Waals surface area contributed by atoms with Crippen LogP contribution in [0.15, 0.2) is 36.5 Å². The zero-order chi connectivity index (χ0) is 18.4. The van der Waals surface area contributed by atoms with E-state index in [1.165, 1.54) is 0 Å². The molecular formula is C20H29ClN4O2. The van der Waals surface area contributed by atoms with Gasteiger partial charge < -0.3 is 15.4 Å². The molecule has 0 radical (unpaired) electrons. The molecule has 27 heavy (non-hydrogen) atoms. The van der Waals surface area contributed by atoms with Gasteiger partial charge in [0.2, 0.25) is 0 Å². The summed E-state index contributed by atoms with van der Waals surface area (Å²) in [7, 11) is 0. The van der Waals surface area contributed by atoms with Gasteiger partial charge in [-0.05, 0) is 56.5 Å². The van der Waals surface area contributed by atoms with Gasteiger partial charge in [0.25, 0.3) is 5.91 Å². The maximum atomic E-state index is 12.4. The van der Waals surface area contributed by atoms with Crippen LogP contribution in [0.5, 0.6) is 5.75 Å². The van der Waals surface area contributed by atoms with Crippen LogP contribution < -0.4 is 15.4 Å². The van der Waals surface area contributed by atoms with Gasteiger partial charge in [-0.25, -0.2) is 0 Å². The number of nitrogens with one attached hydrogen (secondary N) is 2. The highest BCUT2D eigenvalue weighted by molar-refractivity contribution is 5.92. The van der Waals surface area contributed by atoms with E-state index in [1.807, 2.05) is 42.1 Å². The van der Waals surface area contributed by atoms with E-state index in [-0.39, 0.29) is 24.4 Å². The zero-order valence-corrected chi connectivity index (χ0v) is 16.8. The van der Waals surface area contributed by atoms with Gasteiger partial charge in [0.05, 0.1) is 12.6 Å². The monoisotopic (exact) mass is 392 g/mol. The highest BCUT2D eigenvalue weighted by Crippen LogP contribution is 2.16. The van der Waals surface area contributed by atoms with E-state index in [4.69, 9.17) is 4.74 Å². The summed E-state index contributed by atoms with van der Waals surface area (Å²) in [4.78, 5) is 12.4. The molecule has 0 spiro atoms. The summed E-state index contributed by atoms with van der Waals surface area (Å²) in [6.45, 7) is 6.52. The Hall–Kier alpha value is -2.05. The van der Waals surface area contributed by atoms with Crippen LogP contribution in [0.2, 0.25) is 0 Å². The largest absolute Gasteiger partial charge is 0.489 e. The fourth-order valence-corrected chi connectivity index (χ4v) is 3.17. The smallest absolute Gasteiger partial charge is 0.271 e. The van der Waals surface area contributed by atoms with Crippen LogP contribution in [-0.4, -0.2) is 41.4 Å². The molecule has 2 unspecified atom stereocenters. The second kappa shape index (κ2) is 10.3. The predicted octanol–water partition coefficient (Wildman–Crippen LogP) is 3.13. The predicted molar refractivity (Wildman–Crippen MR) is 109 cm³/mol. The SMILES string of the molecule is CCC(CNC(=O)c1ccn(C2CCCNC2)n1)Oc1cccc(C)c1.Cl. The number of aromatic nitrogens is 2. The van der Waals surface area contributed by atoms with Crippen molar-refractivity contribution in [1.82, 2.24) is 20.4 Å². The van der Waals surface area contributed by atoms with Crippen LogP contribution in [-0.2, 0) is 0 Å². The number of amides is 1. The summed E-state index contributed by atoms with van der Waals surface area (Å²) in [5.41, 5.74) is 1.62. The van der Waals surface area contributed by atoms with E-state index in [0.29, 0.717) is 18.3 Å². The minimum Gasteiger partial charge on any atom is -0.489 e. The molecule has 1 aliphatic heterocycles. The molecule has 2 heterocycles. The summed E-state index contributed by atoms with van der Waals surface area (Å²) >= 11 is 0. The van der Waals surface area contributed by atoms with Gasteiger partial charge in [0.15, 0.2) is 0 Å². The Bertz CT molecular complexity index is 728. The number of benzene rings is 1. The number of piperidine rings is 1. The molecule has 1 aromatic carbocycles. The Balaban J connectivity index is 0.00000261. The second-order valence-corrected chi connectivity index (χ2v) is 6.86. The van der Waals surface area contributed by atoms with Crippen molar-refractivity contribution in [1.29, 1.82) is 0 Å². The lowest BCUT2D eigenvalue weighted by Gasteiger charge is -2.22. The van der Waals surface area contributed by atoms with Gasteiger partial charge in [-0.2, -0.15) is 5.10 Å². The Labute approximate surface area is 167 Å². The van der Waals surface area contributed by atoms with Crippen LogP contribution in [0, 0.1) is 6.92 Å². The van der Waals surface area contributed by atoms with E-state index in [1.54, 1.807) is 6.07 Å². The van der Waals surface area contributed by atoms with E-state index < -0.39 is 0 Å². The molecule has 0 aliphatic carbocycles. The topological polar surface area (TPSA) is 68.2 Å². The molecule has 2 N–H and O–H groups in total. The Morgan fingerprint density at radius 3 is 3.00 bits per heavy atom. The highest BCUT2D eigenvalue weighted by atomic mass is 35.5. The number of aryl methyl sites for hydroxylation is 1.